The van der Waals surface area contributed by atoms with Crippen LogP contribution in [0.5, 0.6) is 5.75 Å². The second-order valence-corrected chi connectivity index (χ2v) is 5.48. The van der Waals surface area contributed by atoms with Crippen molar-refractivity contribution in [2.24, 2.45) is 0 Å². The molecule has 25 heavy (non-hydrogen) atoms. The van der Waals surface area contributed by atoms with Gasteiger partial charge >= 0.3 is 12.1 Å². The molecular formula is C19H21NO5. The Morgan fingerprint density at radius 1 is 1.04 bits per heavy atom. The molecular weight excluding hydrogens is 322 g/mol. The number of rotatable bonds is 8. The summed E-state index contributed by atoms with van der Waals surface area (Å²) >= 11 is 0. The second kappa shape index (κ2) is 9.32. The molecule has 1 atom stereocenters. The second-order valence-electron chi connectivity index (χ2n) is 5.48. The minimum atomic E-state index is -1.09. The predicted molar refractivity (Wildman–Crippen MR) is 92.5 cm³/mol. The number of methoxy groups -OCH3 is 1. The molecule has 6 nitrogen and oxygen atoms in total. The van der Waals surface area contributed by atoms with Crippen molar-refractivity contribution in [3.05, 3.63) is 65.7 Å². The molecule has 6 heteroatoms. The molecule has 2 aromatic carbocycles. The van der Waals surface area contributed by atoms with E-state index in [4.69, 9.17) is 9.47 Å². The average Bonchev–Trinajstić information content (AvgIpc) is 2.64. The number of carboxylic acid groups (broad SMARTS) is 1. The number of alkyl carbamates (subject to hydrolysis) is 1. The molecule has 0 saturated carbocycles. The van der Waals surface area contributed by atoms with Crippen LogP contribution in [0.1, 0.15) is 17.5 Å². The van der Waals surface area contributed by atoms with Crippen LogP contribution in [-0.2, 0) is 22.6 Å². The zero-order chi connectivity index (χ0) is 18.1. The number of aliphatic carboxylic acids is 1. The largest absolute Gasteiger partial charge is 0.497 e. The quantitative estimate of drug-likeness (QED) is 0.770. The van der Waals surface area contributed by atoms with Gasteiger partial charge in [-0.15, -0.1) is 0 Å². The number of ether oxygens (including phenoxy) is 2. The van der Waals surface area contributed by atoms with Crippen LogP contribution in [0.2, 0.25) is 0 Å². The Kier molecular flexibility index (Phi) is 6.83. The highest BCUT2D eigenvalue weighted by Gasteiger charge is 2.20. The fourth-order valence-electron chi connectivity index (χ4n) is 2.27. The molecule has 2 rings (SSSR count). The Morgan fingerprint density at radius 3 is 2.32 bits per heavy atom. The lowest BCUT2D eigenvalue weighted by molar-refractivity contribution is -0.139. The van der Waals surface area contributed by atoms with E-state index in [1.165, 1.54) is 0 Å². The normalized spacial score (nSPS) is 11.4. The molecule has 0 aliphatic heterocycles. The first-order valence-corrected chi connectivity index (χ1v) is 7.91. The van der Waals surface area contributed by atoms with Crippen molar-refractivity contribution in [1.29, 1.82) is 0 Å². The monoisotopic (exact) mass is 343 g/mol. The molecule has 0 aromatic heterocycles. The van der Waals surface area contributed by atoms with Crippen molar-refractivity contribution in [2.75, 3.05) is 7.11 Å². The lowest BCUT2D eigenvalue weighted by Gasteiger charge is -2.14. The summed E-state index contributed by atoms with van der Waals surface area (Å²) in [5.74, 6) is -0.355. The Morgan fingerprint density at radius 2 is 1.72 bits per heavy atom. The third kappa shape index (κ3) is 6.18. The fourth-order valence-corrected chi connectivity index (χ4v) is 2.27. The van der Waals surface area contributed by atoms with E-state index < -0.39 is 18.1 Å². The van der Waals surface area contributed by atoms with Gasteiger partial charge in [-0.1, -0.05) is 42.5 Å². The minimum Gasteiger partial charge on any atom is -0.497 e. The van der Waals surface area contributed by atoms with E-state index in [9.17, 15) is 14.7 Å². The van der Waals surface area contributed by atoms with Crippen LogP contribution in [0.15, 0.2) is 54.6 Å². The predicted octanol–water partition coefficient (Wildman–Crippen LogP) is 3.01. The van der Waals surface area contributed by atoms with Crippen LogP contribution in [-0.4, -0.2) is 30.3 Å². The van der Waals surface area contributed by atoms with E-state index in [1.807, 2.05) is 54.6 Å². The molecule has 1 amide bonds. The fraction of sp³-hybridized carbons (Fsp3) is 0.263. The van der Waals surface area contributed by atoms with Gasteiger partial charge in [-0.05, 0) is 36.1 Å². The van der Waals surface area contributed by atoms with Gasteiger partial charge in [-0.2, -0.15) is 0 Å². The lowest BCUT2D eigenvalue weighted by atomic mass is 10.1. The molecule has 132 valence electrons. The SMILES string of the molecule is COc1ccc(CC[C@@H](NC(=O)OCc2ccccc2)C(=O)O)cc1. The molecule has 0 fully saturated rings. The lowest BCUT2D eigenvalue weighted by Crippen LogP contribution is -2.41. The topological polar surface area (TPSA) is 84.9 Å². The van der Waals surface area contributed by atoms with Gasteiger partial charge in [0.25, 0.3) is 0 Å². The molecule has 0 bridgehead atoms. The third-order valence-corrected chi connectivity index (χ3v) is 3.68. The number of hydrogen-bond donors (Lipinski definition) is 2. The zero-order valence-corrected chi connectivity index (χ0v) is 14.0. The van der Waals surface area contributed by atoms with Crippen LogP contribution < -0.4 is 10.1 Å². The first-order valence-electron chi connectivity index (χ1n) is 7.91. The standard InChI is InChI=1S/C19H21NO5/c1-24-16-10-7-14(8-11-16)9-12-17(18(21)22)20-19(23)25-13-15-5-3-2-4-6-15/h2-8,10-11,17H,9,12-13H2,1H3,(H,20,23)(H,21,22)/t17-/m1/s1. The number of nitrogens with one attached hydrogen (secondary N) is 1. The Hall–Kier alpha value is -3.02. The zero-order valence-electron chi connectivity index (χ0n) is 14.0. The highest BCUT2D eigenvalue weighted by Crippen LogP contribution is 2.13. The molecule has 0 radical (unpaired) electrons. The molecule has 0 aliphatic carbocycles. The summed E-state index contributed by atoms with van der Waals surface area (Å²) in [5.41, 5.74) is 1.80. The smallest absolute Gasteiger partial charge is 0.408 e. The Balaban J connectivity index is 1.82. The number of amides is 1. The van der Waals surface area contributed by atoms with E-state index >= 15 is 0 Å². The highest BCUT2D eigenvalue weighted by molar-refractivity contribution is 5.79. The molecule has 0 saturated heterocycles. The van der Waals surface area contributed by atoms with Gasteiger partial charge in [-0.3, -0.25) is 0 Å². The first-order chi connectivity index (χ1) is 12.1. The van der Waals surface area contributed by atoms with Gasteiger partial charge in [-0.25, -0.2) is 9.59 Å². The summed E-state index contributed by atoms with van der Waals surface area (Å²) in [6.07, 6.45) is 0.0353. The maximum atomic E-state index is 11.8. The van der Waals surface area contributed by atoms with Crippen molar-refractivity contribution >= 4 is 12.1 Å². The molecule has 0 spiro atoms. The first kappa shape index (κ1) is 18.3. The van der Waals surface area contributed by atoms with E-state index in [2.05, 4.69) is 5.32 Å². The number of hydrogen-bond acceptors (Lipinski definition) is 4. The maximum Gasteiger partial charge on any atom is 0.408 e. The summed E-state index contributed by atoms with van der Waals surface area (Å²) in [4.78, 5) is 23.2. The van der Waals surface area contributed by atoms with Gasteiger partial charge < -0.3 is 19.9 Å². The summed E-state index contributed by atoms with van der Waals surface area (Å²) < 4.78 is 10.1. The summed E-state index contributed by atoms with van der Waals surface area (Å²) in [5, 5.41) is 11.7. The van der Waals surface area contributed by atoms with Gasteiger partial charge in [0.1, 0.15) is 18.4 Å². The molecule has 2 aromatic rings. The molecule has 0 heterocycles. The highest BCUT2D eigenvalue weighted by atomic mass is 16.5. The van der Waals surface area contributed by atoms with Crippen molar-refractivity contribution in [3.63, 3.8) is 0 Å². The van der Waals surface area contributed by atoms with Gasteiger partial charge in [0.15, 0.2) is 0 Å². The van der Waals surface area contributed by atoms with Crippen molar-refractivity contribution < 1.29 is 24.2 Å². The minimum absolute atomic E-state index is 0.0947. The molecule has 2 N–H and O–H groups in total. The van der Waals surface area contributed by atoms with Crippen molar-refractivity contribution in [1.82, 2.24) is 5.32 Å². The van der Waals surface area contributed by atoms with E-state index in [-0.39, 0.29) is 13.0 Å². The van der Waals surface area contributed by atoms with Gasteiger partial charge in [0.2, 0.25) is 0 Å². The molecule has 0 unspecified atom stereocenters. The van der Waals surface area contributed by atoms with Crippen LogP contribution in [0.25, 0.3) is 0 Å². The van der Waals surface area contributed by atoms with Crippen molar-refractivity contribution in [3.8, 4) is 5.75 Å². The van der Waals surface area contributed by atoms with Crippen LogP contribution in [0.3, 0.4) is 0 Å². The number of carboxylic acids is 1. The Labute approximate surface area is 146 Å². The number of aryl methyl sites for hydroxylation is 1. The maximum absolute atomic E-state index is 11.8. The van der Waals surface area contributed by atoms with E-state index in [0.29, 0.717) is 6.42 Å². The van der Waals surface area contributed by atoms with E-state index in [1.54, 1.807) is 7.11 Å². The van der Waals surface area contributed by atoms with Gasteiger partial charge in [0, 0.05) is 0 Å². The van der Waals surface area contributed by atoms with Crippen LogP contribution in [0.4, 0.5) is 4.79 Å². The summed E-state index contributed by atoms with van der Waals surface area (Å²) in [6, 6.07) is 15.5. The summed E-state index contributed by atoms with van der Waals surface area (Å²) in [6.45, 7) is 0.0947. The third-order valence-electron chi connectivity index (χ3n) is 3.68. The number of carbonyl (C=O) groups excluding carboxylic acids is 1. The van der Waals surface area contributed by atoms with Crippen molar-refractivity contribution in [2.45, 2.75) is 25.5 Å². The number of carbonyl (C=O) groups is 2. The van der Waals surface area contributed by atoms with Gasteiger partial charge in [0.05, 0.1) is 7.11 Å². The van der Waals surface area contributed by atoms with E-state index in [0.717, 1.165) is 16.9 Å². The average molecular weight is 343 g/mol. The summed E-state index contributed by atoms with van der Waals surface area (Å²) in [7, 11) is 1.58. The Bertz CT molecular complexity index is 685. The number of benzene rings is 2. The molecule has 0 aliphatic rings. The van der Waals surface area contributed by atoms with Crippen LogP contribution in [0, 0.1) is 0 Å². The van der Waals surface area contributed by atoms with Crippen LogP contribution >= 0.6 is 0 Å².